The van der Waals surface area contributed by atoms with Crippen LogP contribution in [0.1, 0.15) is 60.5 Å². The number of aliphatic hydroxyl groups is 3. The van der Waals surface area contributed by atoms with Gasteiger partial charge in [0.1, 0.15) is 17.3 Å². The Bertz CT molecular complexity index is 1210. The molecule has 3 aliphatic rings. The zero-order valence-corrected chi connectivity index (χ0v) is 20.5. The van der Waals surface area contributed by atoms with E-state index in [9.17, 15) is 44.4 Å². The third-order valence-electron chi connectivity index (χ3n) is 7.76. The van der Waals surface area contributed by atoms with Gasteiger partial charge in [0.25, 0.3) is 0 Å². The lowest BCUT2D eigenvalue weighted by molar-refractivity contribution is -0.159. The third kappa shape index (κ3) is 4.54. The summed E-state index contributed by atoms with van der Waals surface area (Å²) in [5.74, 6) is -7.44. The molecule has 0 spiro atoms. The molecule has 0 amide bonds. The number of phenols is 1. The quantitative estimate of drug-likeness (QED) is 0.224. The lowest BCUT2D eigenvalue weighted by Gasteiger charge is -2.43. The number of Topliss-reactive ketones (excluding diaryl/α,β-unsaturated/α-hetero) is 5. The molecule has 1 heterocycles. The second-order valence-corrected chi connectivity index (χ2v) is 10.1. The van der Waals surface area contributed by atoms with Crippen LogP contribution in [0.5, 0.6) is 5.75 Å². The number of aliphatic hydroxyl groups excluding tert-OH is 2. The minimum Gasteiger partial charge on any atom is -0.507 e. The third-order valence-corrected chi connectivity index (χ3v) is 7.76. The molecular weight excluding hydrogens is 484 g/mol. The van der Waals surface area contributed by atoms with E-state index in [4.69, 9.17) is 4.74 Å². The van der Waals surface area contributed by atoms with Gasteiger partial charge >= 0.3 is 0 Å². The molecule has 198 valence electrons. The number of carbonyl (C=O) groups is 5. The first-order valence-corrected chi connectivity index (χ1v) is 12.4. The molecule has 0 radical (unpaired) electrons. The maximum atomic E-state index is 13.6. The lowest BCUT2D eigenvalue weighted by Crippen LogP contribution is -2.58. The van der Waals surface area contributed by atoms with Gasteiger partial charge in [-0.3, -0.25) is 24.0 Å². The van der Waals surface area contributed by atoms with Crippen LogP contribution in [0.15, 0.2) is 17.7 Å². The molecule has 0 aromatic heterocycles. The van der Waals surface area contributed by atoms with E-state index in [2.05, 4.69) is 0 Å². The summed E-state index contributed by atoms with van der Waals surface area (Å²) in [6, 6.07) is 2.46. The molecule has 4 rings (SSSR count). The summed E-state index contributed by atoms with van der Waals surface area (Å²) in [5, 5.41) is 42.6. The van der Waals surface area contributed by atoms with Gasteiger partial charge in [0, 0.05) is 42.8 Å². The summed E-state index contributed by atoms with van der Waals surface area (Å²) < 4.78 is 5.26. The highest BCUT2D eigenvalue weighted by molar-refractivity contribution is 6.44. The first kappa shape index (κ1) is 26.8. The number of carbonyl (C=O) groups excluding carboxylic acids is 5. The molecule has 1 saturated carbocycles. The van der Waals surface area contributed by atoms with E-state index in [1.54, 1.807) is 0 Å². The predicted octanol–water partition coefficient (Wildman–Crippen LogP) is 1.26. The van der Waals surface area contributed by atoms with E-state index in [1.165, 1.54) is 6.07 Å². The van der Waals surface area contributed by atoms with Crippen LogP contribution < -0.4 is 0 Å². The Morgan fingerprint density at radius 1 is 1.11 bits per heavy atom. The van der Waals surface area contributed by atoms with Gasteiger partial charge in [-0.15, -0.1) is 0 Å². The van der Waals surface area contributed by atoms with Gasteiger partial charge < -0.3 is 25.2 Å². The highest BCUT2D eigenvalue weighted by atomic mass is 16.5. The van der Waals surface area contributed by atoms with Gasteiger partial charge in [0.2, 0.25) is 17.3 Å². The minimum atomic E-state index is -2.63. The summed E-state index contributed by atoms with van der Waals surface area (Å²) in [7, 11) is 0. The van der Waals surface area contributed by atoms with Crippen LogP contribution >= 0.6 is 0 Å². The van der Waals surface area contributed by atoms with Crippen LogP contribution in [-0.2, 0) is 30.3 Å². The number of ketones is 5. The van der Waals surface area contributed by atoms with Gasteiger partial charge in [-0.05, 0) is 62.6 Å². The minimum absolute atomic E-state index is 0.00883. The van der Waals surface area contributed by atoms with Gasteiger partial charge in [-0.1, -0.05) is 0 Å². The van der Waals surface area contributed by atoms with Gasteiger partial charge in [-0.25, -0.2) is 0 Å². The summed E-state index contributed by atoms with van der Waals surface area (Å²) in [4.78, 5) is 64.2. The van der Waals surface area contributed by atoms with Crippen molar-refractivity contribution in [3.05, 3.63) is 34.4 Å². The fourth-order valence-corrected chi connectivity index (χ4v) is 5.88. The maximum absolute atomic E-state index is 13.6. The first-order valence-electron chi connectivity index (χ1n) is 12.4. The molecule has 37 heavy (non-hydrogen) atoms. The van der Waals surface area contributed by atoms with Crippen molar-refractivity contribution in [1.29, 1.82) is 0 Å². The average molecular weight is 515 g/mol. The van der Waals surface area contributed by atoms with Crippen LogP contribution in [0.25, 0.3) is 5.76 Å². The average Bonchev–Trinajstić information content (AvgIpc) is 2.86. The Labute approximate surface area is 212 Å². The van der Waals surface area contributed by atoms with Crippen molar-refractivity contribution in [3.63, 3.8) is 0 Å². The van der Waals surface area contributed by atoms with Crippen molar-refractivity contribution < 1.29 is 49.1 Å². The highest BCUT2D eigenvalue weighted by Crippen LogP contribution is 2.49. The molecule has 1 aromatic carbocycles. The molecule has 0 bridgehead atoms. The van der Waals surface area contributed by atoms with Gasteiger partial charge in [0.05, 0.1) is 12.0 Å². The number of ether oxygens (including phenoxy) is 1. The lowest BCUT2D eigenvalue weighted by atomic mass is 9.60. The maximum Gasteiger partial charge on any atom is 0.229 e. The van der Waals surface area contributed by atoms with E-state index >= 15 is 0 Å². The standard InChI is InChI=1S/C27H30O10/c1-13(29)10-20(31)27(36)16(4-7-28)11-15-12-18-17(24(33)23(32)14-5-8-37-9-6-14)2-3-19(30)22(18)25(34)21(15)26(27)35/h2-3,14-16,28,30,34,36H,4-12H2,1H3. The zero-order valence-electron chi connectivity index (χ0n) is 20.5. The van der Waals surface area contributed by atoms with Crippen molar-refractivity contribution in [3.8, 4) is 5.75 Å². The number of hydrogen-bond donors (Lipinski definition) is 4. The molecule has 1 saturated heterocycles. The molecule has 10 nitrogen and oxygen atoms in total. The van der Waals surface area contributed by atoms with Crippen molar-refractivity contribution >= 4 is 34.7 Å². The van der Waals surface area contributed by atoms with Crippen LogP contribution in [0.3, 0.4) is 0 Å². The van der Waals surface area contributed by atoms with E-state index in [0.717, 1.165) is 13.0 Å². The SMILES string of the molecule is CC(=O)CC(=O)C1(O)C(=O)C2=C(O)c3c(O)ccc(C(=O)C(=O)C4CCOCC4)c3CC2CC1CCO. The number of aromatic hydroxyl groups is 1. The Hall–Kier alpha value is -3.21. The zero-order chi connectivity index (χ0) is 27.1. The topological polar surface area (TPSA) is 175 Å². The van der Waals surface area contributed by atoms with Gasteiger partial charge in [0.15, 0.2) is 11.4 Å². The Balaban J connectivity index is 1.80. The fourth-order valence-electron chi connectivity index (χ4n) is 5.88. The highest BCUT2D eigenvalue weighted by Gasteiger charge is 2.57. The van der Waals surface area contributed by atoms with Crippen LogP contribution in [0, 0.1) is 17.8 Å². The Morgan fingerprint density at radius 2 is 1.78 bits per heavy atom. The molecule has 1 aromatic rings. The molecule has 2 aliphatic carbocycles. The van der Waals surface area contributed by atoms with E-state index in [0.29, 0.717) is 26.1 Å². The summed E-state index contributed by atoms with van der Waals surface area (Å²) >= 11 is 0. The molecular formula is C27H30O10. The number of phenolic OH excluding ortho intramolecular Hbond substituents is 1. The Kier molecular flexibility index (Phi) is 7.45. The molecule has 3 atom stereocenters. The smallest absolute Gasteiger partial charge is 0.229 e. The molecule has 1 aliphatic heterocycles. The van der Waals surface area contributed by atoms with Crippen molar-refractivity contribution in [2.24, 2.45) is 17.8 Å². The largest absolute Gasteiger partial charge is 0.507 e. The normalized spacial score (nSPS) is 25.9. The van der Waals surface area contributed by atoms with Crippen LogP contribution in [0.4, 0.5) is 0 Å². The fraction of sp³-hybridized carbons (Fsp3) is 0.519. The molecule has 2 fully saturated rings. The molecule has 4 N–H and O–H groups in total. The van der Waals surface area contributed by atoms with E-state index < -0.39 is 76.8 Å². The first-order chi connectivity index (χ1) is 17.5. The molecule has 3 unspecified atom stereocenters. The second kappa shape index (κ2) is 10.3. The van der Waals surface area contributed by atoms with Gasteiger partial charge in [-0.2, -0.15) is 0 Å². The van der Waals surface area contributed by atoms with E-state index in [1.807, 2.05) is 0 Å². The summed E-state index contributed by atoms with van der Waals surface area (Å²) in [6.45, 7) is 1.44. The van der Waals surface area contributed by atoms with Crippen LogP contribution in [-0.4, -0.2) is 74.8 Å². The number of hydrogen-bond acceptors (Lipinski definition) is 10. The number of benzene rings is 1. The van der Waals surface area contributed by atoms with Crippen molar-refractivity contribution in [2.45, 2.75) is 51.0 Å². The Morgan fingerprint density at radius 3 is 2.41 bits per heavy atom. The van der Waals surface area contributed by atoms with Crippen molar-refractivity contribution in [1.82, 2.24) is 0 Å². The second-order valence-electron chi connectivity index (χ2n) is 10.1. The van der Waals surface area contributed by atoms with Crippen LogP contribution in [0.2, 0.25) is 0 Å². The van der Waals surface area contributed by atoms with Crippen molar-refractivity contribution in [2.75, 3.05) is 19.8 Å². The monoisotopic (exact) mass is 514 g/mol. The number of rotatable bonds is 8. The summed E-state index contributed by atoms with van der Waals surface area (Å²) in [6.07, 6.45) is -0.0204. The summed E-state index contributed by atoms with van der Waals surface area (Å²) in [5.41, 5.74) is -2.90. The predicted molar refractivity (Wildman–Crippen MR) is 128 cm³/mol. The number of fused-ring (bicyclic) bond motifs is 2. The van der Waals surface area contributed by atoms with E-state index in [-0.39, 0.29) is 41.5 Å². The molecule has 10 heteroatoms.